The minimum Gasteiger partial charge on any atom is -0.485 e. The van der Waals surface area contributed by atoms with Crippen molar-refractivity contribution in [1.82, 2.24) is 5.32 Å². The molecule has 0 aliphatic carbocycles. The zero-order chi connectivity index (χ0) is 25.5. The number of hydrogen-bond acceptors (Lipinski definition) is 5. The van der Waals surface area contributed by atoms with Crippen LogP contribution in [0.1, 0.15) is 39.9 Å². The fraction of sp³-hybridized carbons (Fsp3) is 0.276. The number of fused-ring (bicyclic) bond motifs is 1. The van der Waals surface area contributed by atoms with Gasteiger partial charge in [0.05, 0.1) is 5.69 Å². The van der Waals surface area contributed by atoms with E-state index >= 15 is 0 Å². The monoisotopic (exact) mass is 486 g/mol. The van der Waals surface area contributed by atoms with Gasteiger partial charge in [-0.1, -0.05) is 48.0 Å². The van der Waals surface area contributed by atoms with Crippen LogP contribution in [0.4, 0.5) is 5.69 Å². The predicted octanol–water partition coefficient (Wildman–Crippen LogP) is 4.39. The van der Waals surface area contributed by atoms with Gasteiger partial charge < -0.3 is 19.7 Å². The van der Waals surface area contributed by atoms with Gasteiger partial charge in [-0.2, -0.15) is 0 Å². The lowest BCUT2D eigenvalue weighted by molar-refractivity contribution is -0.123. The Labute approximate surface area is 211 Å². The van der Waals surface area contributed by atoms with Crippen LogP contribution < -0.4 is 19.7 Å². The minimum absolute atomic E-state index is 0.0731. The Kier molecular flexibility index (Phi) is 8.00. The van der Waals surface area contributed by atoms with Crippen LogP contribution in [0.3, 0.4) is 0 Å². The standard InChI is InChI=1S/C29H30N2O5/c1-20-10-12-26(21(2)15-20)35-18-25(32)23-11-13-27-24(16-23)31(29(34)19-36-27)14-6-9-28(33)30-17-22-7-4-3-5-8-22/h3-5,7-8,10-13,15-16H,6,9,14,17-19H2,1-2H3,(H,30,33). The van der Waals surface area contributed by atoms with Crippen molar-refractivity contribution in [3.05, 3.63) is 89.0 Å². The first-order valence-electron chi connectivity index (χ1n) is 12.0. The lowest BCUT2D eigenvalue weighted by Gasteiger charge is -2.29. The van der Waals surface area contributed by atoms with E-state index in [2.05, 4.69) is 5.32 Å². The van der Waals surface area contributed by atoms with Crippen molar-refractivity contribution in [2.24, 2.45) is 0 Å². The number of hydrogen-bond donors (Lipinski definition) is 1. The summed E-state index contributed by atoms with van der Waals surface area (Å²) in [7, 11) is 0. The summed E-state index contributed by atoms with van der Waals surface area (Å²) in [6, 6.07) is 20.5. The van der Waals surface area contributed by atoms with Gasteiger partial charge in [0.2, 0.25) is 5.91 Å². The number of anilines is 1. The number of ketones is 1. The molecule has 0 aromatic heterocycles. The Morgan fingerprint density at radius 2 is 1.83 bits per heavy atom. The average Bonchev–Trinajstić information content (AvgIpc) is 2.88. The third kappa shape index (κ3) is 6.30. The molecule has 1 aliphatic rings. The minimum atomic E-state index is -0.205. The summed E-state index contributed by atoms with van der Waals surface area (Å²) in [6.07, 6.45) is 0.773. The summed E-state index contributed by atoms with van der Waals surface area (Å²) in [5.74, 6) is 0.721. The third-order valence-corrected chi connectivity index (χ3v) is 6.03. The molecule has 1 N–H and O–H groups in total. The highest BCUT2D eigenvalue weighted by Crippen LogP contribution is 2.33. The van der Waals surface area contributed by atoms with Crippen molar-refractivity contribution >= 4 is 23.3 Å². The van der Waals surface area contributed by atoms with Crippen molar-refractivity contribution in [2.75, 3.05) is 24.7 Å². The molecule has 0 radical (unpaired) electrons. The number of amides is 2. The summed E-state index contributed by atoms with van der Waals surface area (Å²) >= 11 is 0. The molecule has 3 aromatic carbocycles. The molecule has 7 nitrogen and oxygen atoms in total. The molecule has 3 aromatic rings. The first-order valence-corrected chi connectivity index (χ1v) is 12.0. The molecule has 0 spiro atoms. The molecule has 0 atom stereocenters. The molecule has 36 heavy (non-hydrogen) atoms. The number of aryl methyl sites for hydroxylation is 2. The molecule has 1 aliphatic heterocycles. The molecule has 2 amide bonds. The first kappa shape index (κ1) is 25.0. The van der Waals surface area contributed by atoms with Gasteiger partial charge in [0.25, 0.3) is 5.91 Å². The molecule has 0 saturated heterocycles. The summed E-state index contributed by atoms with van der Waals surface area (Å²) < 4.78 is 11.3. The normalized spacial score (nSPS) is 12.5. The van der Waals surface area contributed by atoms with Crippen LogP contribution in [0.15, 0.2) is 66.7 Å². The van der Waals surface area contributed by atoms with Crippen LogP contribution in [0.2, 0.25) is 0 Å². The lowest BCUT2D eigenvalue weighted by atomic mass is 10.1. The van der Waals surface area contributed by atoms with E-state index in [4.69, 9.17) is 9.47 Å². The van der Waals surface area contributed by atoms with Crippen LogP contribution in [-0.2, 0) is 16.1 Å². The first-order chi connectivity index (χ1) is 17.4. The Morgan fingerprint density at radius 3 is 2.61 bits per heavy atom. The van der Waals surface area contributed by atoms with E-state index in [9.17, 15) is 14.4 Å². The number of nitrogens with one attached hydrogen (secondary N) is 1. The Morgan fingerprint density at radius 1 is 1.03 bits per heavy atom. The fourth-order valence-corrected chi connectivity index (χ4v) is 4.09. The second kappa shape index (κ2) is 11.5. The number of Topliss-reactive ketones (excluding diaryl/α,β-unsaturated/α-hetero) is 1. The molecule has 186 valence electrons. The molecular formula is C29H30N2O5. The van der Waals surface area contributed by atoms with Crippen molar-refractivity contribution in [1.29, 1.82) is 0 Å². The fourth-order valence-electron chi connectivity index (χ4n) is 4.09. The molecule has 0 unspecified atom stereocenters. The molecule has 0 bridgehead atoms. The van der Waals surface area contributed by atoms with Crippen molar-refractivity contribution < 1.29 is 23.9 Å². The highest BCUT2D eigenvalue weighted by Gasteiger charge is 2.26. The van der Waals surface area contributed by atoms with Crippen LogP contribution in [0, 0.1) is 13.8 Å². The van der Waals surface area contributed by atoms with Crippen molar-refractivity contribution in [3.63, 3.8) is 0 Å². The number of ether oxygens (including phenoxy) is 2. The van der Waals surface area contributed by atoms with Crippen LogP contribution in [0.25, 0.3) is 0 Å². The summed E-state index contributed by atoms with van der Waals surface area (Å²) in [6.45, 7) is 4.57. The lowest BCUT2D eigenvalue weighted by Crippen LogP contribution is -2.40. The van der Waals surface area contributed by atoms with E-state index in [1.807, 2.05) is 62.4 Å². The smallest absolute Gasteiger partial charge is 0.265 e. The van der Waals surface area contributed by atoms with Crippen LogP contribution >= 0.6 is 0 Å². The highest BCUT2D eigenvalue weighted by molar-refractivity contribution is 6.02. The van der Waals surface area contributed by atoms with Crippen molar-refractivity contribution in [2.45, 2.75) is 33.2 Å². The average molecular weight is 487 g/mol. The van der Waals surface area contributed by atoms with Crippen molar-refractivity contribution in [3.8, 4) is 11.5 Å². The summed E-state index contributed by atoms with van der Waals surface area (Å²) in [5.41, 5.74) is 4.09. The Bertz CT molecular complexity index is 1260. The van der Waals surface area contributed by atoms with Gasteiger partial charge in [0.15, 0.2) is 19.0 Å². The maximum atomic E-state index is 12.8. The SMILES string of the molecule is Cc1ccc(OCC(=O)c2ccc3c(c2)N(CCCC(=O)NCc2ccccc2)C(=O)CO3)c(C)c1. The highest BCUT2D eigenvalue weighted by atomic mass is 16.5. The van der Waals surface area contributed by atoms with E-state index in [-0.39, 0.29) is 37.2 Å². The maximum absolute atomic E-state index is 12.8. The van der Waals surface area contributed by atoms with Gasteiger partial charge in [-0.25, -0.2) is 0 Å². The topological polar surface area (TPSA) is 84.9 Å². The van der Waals surface area contributed by atoms with Crippen LogP contribution in [0.5, 0.6) is 11.5 Å². The van der Waals surface area contributed by atoms with E-state index in [1.165, 1.54) is 0 Å². The molecule has 0 fully saturated rings. The van der Waals surface area contributed by atoms with Gasteiger partial charge >= 0.3 is 0 Å². The van der Waals surface area contributed by atoms with Gasteiger partial charge in [-0.05, 0) is 55.7 Å². The van der Waals surface area contributed by atoms with E-state index < -0.39 is 0 Å². The number of rotatable bonds is 10. The number of carbonyl (C=O) groups excluding carboxylic acids is 3. The van der Waals surface area contributed by atoms with Crippen LogP contribution in [-0.4, -0.2) is 37.4 Å². The molecule has 4 rings (SSSR count). The quantitative estimate of drug-likeness (QED) is 0.430. The second-order valence-electron chi connectivity index (χ2n) is 8.86. The summed E-state index contributed by atoms with van der Waals surface area (Å²) in [4.78, 5) is 39.3. The van der Waals surface area contributed by atoms with Gasteiger partial charge in [0.1, 0.15) is 11.5 Å². The second-order valence-corrected chi connectivity index (χ2v) is 8.86. The summed E-state index contributed by atoms with van der Waals surface area (Å²) in [5, 5.41) is 2.90. The van der Waals surface area contributed by atoms with E-state index in [0.717, 1.165) is 16.7 Å². The molecular weight excluding hydrogens is 456 g/mol. The third-order valence-electron chi connectivity index (χ3n) is 6.03. The Hall–Kier alpha value is -4.13. The molecule has 7 heteroatoms. The van der Waals surface area contributed by atoms with Gasteiger partial charge in [-0.3, -0.25) is 14.4 Å². The maximum Gasteiger partial charge on any atom is 0.265 e. The zero-order valence-electron chi connectivity index (χ0n) is 20.6. The molecule has 0 saturated carbocycles. The van der Waals surface area contributed by atoms with Gasteiger partial charge in [0, 0.05) is 25.1 Å². The van der Waals surface area contributed by atoms with E-state index in [1.54, 1.807) is 23.1 Å². The largest absolute Gasteiger partial charge is 0.485 e. The van der Waals surface area contributed by atoms with E-state index in [0.29, 0.717) is 42.3 Å². The number of benzene rings is 3. The molecule has 1 heterocycles. The predicted molar refractivity (Wildman–Crippen MR) is 138 cm³/mol. The zero-order valence-corrected chi connectivity index (χ0v) is 20.6. The van der Waals surface area contributed by atoms with Gasteiger partial charge in [-0.15, -0.1) is 0 Å². The number of carbonyl (C=O) groups is 3. The Balaban J connectivity index is 1.35. The number of nitrogens with zero attached hydrogens (tertiary/aromatic N) is 1.